The van der Waals surface area contributed by atoms with Crippen molar-refractivity contribution in [1.82, 2.24) is 10.6 Å². The number of aliphatic imine (C=N–C) groups is 1. The van der Waals surface area contributed by atoms with Gasteiger partial charge in [-0.2, -0.15) is 0 Å². The minimum atomic E-state index is -1.39. The van der Waals surface area contributed by atoms with E-state index in [9.17, 15) is 35.4 Å². The van der Waals surface area contributed by atoms with Gasteiger partial charge in [-0.15, -0.1) is 0 Å². The Hall–Kier alpha value is -6.19. The maximum Gasteiger partial charge on any atom is 0.243 e. The number of benzene rings is 3. The minimum Gasteiger partial charge on any atom is -0.508 e. The Morgan fingerprint density at radius 3 is 2.43 bits per heavy atom. The average molecular weight is 1130 g/mol. The van der Waals surface area contributed by atoms with Gasteiger partial charge in [-0.05, 0) is 164 Å². The number of nitrogens with zero attached hydrogens (tertiary/aromatic N) is 1. The molecule has 3 aromatic rings. The van der Waals surface area contributed by atoms with Gasteiger partial charge in [0.25, 0.3) is 0 Å². The Bertz CT molecular complexity index is 3050. The van der Waals surface area contributed by atoms with Crippen LogP contribution in [0.1, 0.15) is 149 Å². The Morgan fingerprint density at radius 2 is 1.67 bits per heavy atom. The molecule has 6 aliphatic rings. The number of ketones is 1. The van der Waals surface area contributed by atoms with E-state index in [0.29, 0.717) is 86.5 Å². The van der Waals surface area contributed by atoms with Crippen molar-refractivity contribution in [2.75, 3.05) is 26.3 Å². The first kappa shape index (κ1) is 61.4. The second kappa shape index (κ2) is 27.2. The average Bonchev–Trinajstić information content (AvgIpc) is 2.31. The van der Waals surface area contributed by atoms with Crippen molar-refractivity contribution in [3.8, 4) is 17.6 Å². The van der Waals surface area contributed by atoms with Crippen LogP contribution in [0, 0.1) is 40.9 Å². The van der Waals surface area contributed by atoms with Crippen LogP contribution in [-0.4, -0.2) is 105 Å². The number of nitrogens with one attached hydrogen (secondary N) is 2. The van der Waals surface area contributed by atoms with Crippen LogP contribution >= 0.6 is 0 Å². The maximum absolute atomic E-state index is 16.0. The molecule has 0 radical (unpaired) electrons. The zero-order valence-electron chi connectivity index (χ0n) is 48.4. The number of phenolic OH excluding ortho intramolecular Hbond substituents is 1. The van der Waals surface area contributed by atoms with Crippen LogP contribution in [0.25, 0.3) is 0 Å². The lowest BCUT2D eigenvalue weighted by Crippen LogP contribution is -2.59. The zero-order valence-corrected chi connectivity index (χ0v) is 48.4. The monoisotopic (exact) mass is 1130 g/mol. The number of phenols is 1. The number of allylic oxidation sites excluding steroid dienone is 5. The molecule has 12 unspecified atom stereocenters. The summed E-state index contributed by atoms with van der Waals surface area (Å²) in [5.74, 6) is 3.69. The highest BCUT2D eigenvalue weighted by Crippen LogP contribution is 2.64. The van der Waals surface area contributed by atoms with Gasteiger partial charge in [-0.1, -0.05) is 128 Å². The van der Waals surface area contributed by atoms with Crippen LogP contribution in [0.3, 0.4) is 0 Å². The second-order valence-corrected chi connectivity index (χ2v) is 24.7. The number of β-amino-alcohol motifs (C(OH)–C–C–N with tert-alkyl or cyclic N) is 1. The highest BCUT2D eigenvalue weighted by molar-refractivity contribution is 5.99. The van der Waals surface area contributed by atoms with E-state index in [0.717, 1.165) is 71.1 Å². The standard InChI is InChI=1S/C68H88N6O9/c1-41-12-7-8-33-83-40-48(19-9-13-42(2)57(77)28-21-41)51-30-32-68(63(51)80)56-27-26-50(76)35-43-14-10-15-44(34-43)36-54(55(38-73-66(70)71)45-22-24-49(75)25-23-45)59(79)39-72-62-61-47(18-11-20-53(61)64(69)74-65(62)81)37-58(78)60(46-16-5-4-6-17-46)52(56)29-31-67(68,3)82/h9-11,13-15,18-25,34,46,50-51,54-57,59,62-64,72,75-77,79-80,82H,2,4-6,12,16-17,26-33,35-40,69H2,1,3H3,(H,74,81)(H4,70,71,73). The molecule has 2 bridgehead atoms. The summed E-state index contributed by atoms with van der Waals surface area (Å²) in [5, 5.41) is 79.2. The number of hydrogen-bond donors (Lipinski definition) is 11. The minimum absolute atomic E-state index is 0.0447. The second-order valence-electron chi connectivity index (χ2n) is 24.7. The number of Topliss-reactive ketones (excluding diaryl/α,β-unsaturated/α-hetero) is 1. The third-order valence-electron chi connectivity index (χ3n) is 19.3. The molecule has 15 heteroatoms. The van der Waals surface area contributed by atoms with E-state index in [1.54, 1.807) is 30.3 Å². The van der Waals surface area contributed by atoms with E-state index in [1.165, 1.54) is 0 Å². The molecule has 12 atom stereocenters. The molecule has 1 spiro atoms. The van der Waals surface area contributed by atoms with Gasteiger partial charge in [0, 0.05) is 43.2 Å². The molecule has 1 amide bonds. The molecule has 15 nitrogen and oxygen atoms in total. The number of guanidine groups is 1. The summed E-state index contributed by atoms with van der Waals surface area (Å²) in [4.78, 5) is 34.9. The third kappa shape index (κ3) is 14.0. The number of ether oxygens (including phenoxy) is 1. The van der Waals surface area contributed by atoms with Crippen LogP contribution < -0.4 is 27.8 Å². The Morgan fingerprint density at radius 1 is 0.928 bits per heavy atom. The van der Waals surface area contributed by atoms with E-state index in [2.05, 4.69) is 34.0 Å². The number of aromatic hydroxyl groups is 1. The van der Waals surface area contributed by atoms with Crippen molar-refractivity contribution < 1.29 is 45.0 Å². The number of aliphatic hydroxyl groups excluding tert-OH is 4. The molecule has 14 N–H and O–H groups in total. The van der Waals surface area contributed by atoms with E-state index in [1.807, 2.05) is 74.5 Å². The van der Waals surface area contributed by atoms with Gasteiger partial charge < -0.3 is 57.9 Å². The van der Waals surface area contributed by atoms with Gasteiger partial charge in [0.2, 0.25) is 5.91 Å². The van der Waals surface area contributed by atoms with Gasteiger partial charge in [0.05, 0.1) is 36.6 Å². The number of fused-ring (bicyclic) bond motifs is 4. The summed E-state index contributed by atoms with van der Waals surface area (Å²) < 4.78 is 6.25. The molecule has 3 heterocycles. The van der Waals surface area contributed by atoms with E-state index in [4.69, 9.17) is 21.9 Å². The Balaban J connectivity index is 1.17. The third-order valence-corrected chi connectivity index (χ3v) is 19.3. The van der Waals surface area contributed by atoms with E-state index in [-0.39, 0.29) is 56.1 Å². The summed E-state index contributed by atoms with van der Waals surface area (Å²) >= 11 is 0. The van der Waals surface area contributed by atoms with Crippen molar-refractivity contribution >= 4 is 17.6 Å². The Labute approximate surface area is 490 Å². The number of amides is 1. The van der Waals surface area contributed by atoms with Crippen LogP contribution in [0.2, 0.25) is 0 Å². The molecule has 3 aromatic carbocycles. The number of carbonyl (C=O) groups excluding carboxylic acids is 2. The molecule has 3 fully saturated rings. The van der Waals surface area contributed by atoms with Gasteiger partial charge in [0.15, 0.2) is 11.7 Å². The molecule has 3 saturated carbocycles. The number of aliphatic hydroxyl groups is 5. The van der Waals surface area contributed by atoms with E-state index >= 15 is 4.79 Å². The molecular weight excluding hydrogens is 1040 g/mol. The van der Waals surface area contributed by atoms with Crippen molar-refractivity contribution in [2.24, 2.45) is 51.3 Å². The van der Waals surface area contributed by atoms with Crippen LogP contribution in [-0.2, 0) is 33.6 Å². The largest absolute Gasteiger partial charge is 0.508 e. The van der Waals surface area contributed by atoms with Crippen LogP contribution in [0.5, 0.6) is 5.75 Å². The van der Waals surface area contributed by atoms with Crippen LogP contribution in [0.15, 0.2) is 130 Å². The van der Waals surface area contributed by atoms with Crippen molar-refractivity contribution in [3.05, 3.63) is 159 Å². The first-order chi connectivity index (χ1) is 39.8. The summed E-state index contributed by atoms with van der Waals surface area (Å²) in [7, 11) is 0. The first-order valence-corrected chi connectivity index (χ1v) is 30.1. The first-order valence-electron chi connectivity index (χ1n) is 30.1. The molecule has 0 aromatic heterocycles. The molecule has 3 aliphatic carbocycles. The molecule has 83 heavy (non-hydrogen) atoms. The SMILES string of the molecule is C=C1C=CC=C(C2CCC3(C4CCC(O)Cc5cccc(c5)CC(C(CN=C(N)N)c5ccc(O)cc5)C(O)CNC5C(=O)NC(N)c6cccc(c65)CC(=O)C(C5CCCCC5)=C4CCC3(C)O)C2O)COCC#CCC(C)=CCC1O. The lowest BCUT2D eigenvalue weighted by atomic mass is 9.51. The predicted octanol–water partition coefficient (Wildman–Crippen LogP) is 7.15. The highest BCUT2D eigenvalue weighted by Gasteiger charge is 2.64. The molecule has 444 valence electrons. The summed E-state index contributed by atoms with van der Waals surface area (Å²) in [5.41, 5.74) is 24.6. The predicted molar refractivity (Wildman–Crippen MR) is 323 cm³/mol. The lowest BCUT2D eigenvalue weighted by Gasteiger charge is -2.56. The summed E-state index contributed by atoms with van der Waals surface area (Å²) in [6.07, 6.45) is 11.3. The molecule has 0 saturated heterocycles. The van der Waals surface area contributed by atoms with Gasteiger partial charge in [-0.25, -0.2) is 0 Å². The summed E-state index contributed by atoms with van der Waals surface area (Å²) in [6, 6.07) is 19.3. The van der Waals surface area contributed by atoms with Crippen LogP contribution in [0.4, 0.5) is 0 Å². The lowest BCUT2D eigenvalue weighted by molar-refractivity contribution is -0.168. The van der Waals surface area contributed by atoms with Crippen molar-refractivity contribution in [3.63, 3.8) is 0 Å². The fourth-order valence-corrected chi connectivity index (χ4v) is 15.0. The molecular formula is C68H88N6O9. The smallest absolute Gasteiger partial charge is 0.243 e. The normalized spacial score (nSPS) is 31.4. The van der Waals surface area contributed by atoms with Crippen molar-refractivity contribution in [2.45, 2.75) is 165 Å². The number of hydrogen-bond acceptors (Lipinski definition) is 12. The van der Waals surface area contributed by atoms with Crippen molar-refractivity contribution in [1.29, 1.82) is 0 Å². The summed E-state index contributed by atoms with van der Waals surface area (Å²) in [6.45, 7) is 8.39. The van der Waals surface area contributed by atoms with E-state index < -0.39 is 77.2 Å². The molecule has 9 rings (SSSR count). The fraction of sp³-hybridized carbons (Fsp3) is 0.515. The van der Waals surface area contributed by atoms with Gasteiger partial charge >= 0.3 is 0 Å². The van der Waals surface area contributed by atoms with Gasteiger partial charge in [0.1, 0.15) is 24.6 Å². The fourth-order valence-electron chi connectivity index (χ4n) is 15.0. The number of carbonyl (C=O) groups is 2. The highest BCUT2D eigenvalue weighted by atomic mass is 16.5. The number of rotatable bonds is 6. The number of nitrogens with two attached hydrogens (primary N) is 3. The Kier molecular flexibility index (Phi) is 20.1. The maximum atomic E-state index is 16.0. The topological polar surface area (TPSA) is 279 Å². The van der Waals surface area contributed by atoms with Gasteiger partial charge in [-0.3, -0.25) is 19.9 Å². The molecule has 3 aliphatic heterocycles. The quantitative estimate of drug-likeness (QED) is 0.0507. The zero-order chi connectivity index (χ0) is 59.0.